The van der Waals surface area contributed by atoms with Gasteiger partial charge in [0.2, 0.25) is 0 Å². The Labute approximate surface area is 326 Å². The van der Waals surface area contributed by atoms with Crippen LogP contribution >= 0.6 is 11.3 Å². The molecule has 4 atom stereocenters. The van der Waals surface area contributed by atoms with Crippen molar-refractivity contribution in [3.8, 4) is 22.3 Å². The number of thiophene rings is 1. The van der Waals surface area contributed by atoms with Gasteiger partial charge in [-0.3, -0.25) is 0 Å². The predicted molar refractivity (Wildman–Crippen MR) is 231 cm³/mol. The number of benzene rings is 5. The molecule has 0 amide bonds. The van der Waals surface area contributed by atoms with E-state index < -0.39 is 0 Å². The smallest absolute Gasteiger partial charge is 0.165 e. The second-order valence-electron chi connectivity index (χ2n) is 16.8. The van der Waals surface area contributed by atoms with Crippen molar-refractivity contribution in [1.29, 1.82) is 0 Å². The van der Waals surface area contributed by atoms with Gasteiger partial charge in [0.15, 0.2) is 6.17 Å². The number of fused-ring (bicyclic) bond motifs is 12. The molecule has 55 heavy (non-hydrogen) atoms. The Morgan fingerprint density at radius 3 is 2.47 bits per heavy atom. The molecule has 4 unspecified atom stereocenters. The second kappa shape index (κ2) is 11.7. The fourth-order valence-electron chi connectivity index (χ4n) is 10.2. The van der Waals surface area contributed by atoms with Crippen LogP contribution in [0.5, 0.6) is 0 Å². The molecule has 1 aromatic heterocycles. The molecule has 0 bridgehead atoms. The van der Waals surface area contributed by atoms with Crippen molar-refractivity contribution in [1.82, 2.24) is 5.32 Å². The first-order valence-electron chi connectivity index (χ1n) is 20.0. The summed E-state index contributed by atoms with van der Waals surface area (Å²) in [6.07, 6.45) is 17.5. The quantitative estimate of drug-likeness (QED) is 0.193. The van der Waals surface area contributed by atoms with Crippen molar-refractivity contribution in [3.63, 3.8) is 0 Å². The molecule has 5 aliphatic carbocycles. The molecule has 6 aliphatic rings. The van der Waals surface area contributed by atoms with Crippen LogP contribution in [-0.2, 0) is 5.41 Å². The normalized spacial score (nSPS) is 23.7. The summed E-state index contributed by atoms with van der Waals surface area (Å²) in [5, 5.41) is 6.33. The first kappa shape index (κ1) is 31.7. The fraction of sp³-hybridized carbons (Fsp3) is 0.216. The van der Waals surface area contributed by atoms with Gasteiger partial charge in [-0.05, 0) is 129 Å². The van der Waals surface area contributed by atoms with E-state index in [0.29, 0.717) is 11.8 Å². The molecule has 6 aromatic rings. The number of hydrogen-bond acceptors (Lipinski definition) is 4. The maximum absolute atomic E-state index is 5.37. The molecule has 0 spiro atoms. The van der Waals surface area contributed by atoms with Crippen LogP contribution in [-0.4, -0.2) is 17.8 Å². The molecule has 2 heterocycles. The molecule has 1 saturated carbocycles. The number of aliphatic imine (C=N–C) groups is 2. The molecule has 5 aromatic carbocycles. The van der Waals surface area contributed by atoms with Crippen molar-refractivity contribution in [3.05, 3.63) is 172 Å². The maximum atomic E-state index is 5.37. The minimum Gasteiger partial charge on any atom is -0.328 e. The lowest BCUT2D eigenvalue weighted by Crippen LogP contribution is -2.41. The average Bonchev–Trinajstić information content (AvgIpc) is 3.92. The number of allylic oxidation sites excluding steroid dienone is 6. The van der Waals surface area contributed by atoms with E-state index in [4.69, 9.17) is 9.98 Å². The third kappa shape index (κ3) is 4.87. The Balaban J connectivity index is 0.921. The van der Waals surface area contributed by atoms with Crippen LogP contribution in [0.4, 0.5) is 0 Å². The molecule has 1 N–H and O–H groups in total. The SMILES string of the molecule is CC1(C)c2ccc(C3=CCCC(C4N=C(c5ccc6c(c5)sc5ccccc56)NC(C5C=CC=CC5)=N4)=C3)cc2-c2cc3c(cc21)-c1ccccc1C1CC31. The van der Waals surface area contributed by atoms with Crippen LogP contribution in [0.3, 0.4) is 0 Å². The Hall–Kier alpha value is -5.58. The van der Waals surface area contributed by atoms with Gasteiger partial charge in [0.25, 0.3) is 0 Å². The molecule has 1 fully saturated rings. The van der Waals surface area contributed by atoms with Gasteiger partial charge < -0.3 is 5.32 Å². The van der Waals surface area contributed by atoms with Crippen LogP contribution in [0.25, 0.3) is 48.0 Å². The molecule has 1 aliphatic heterocycles. The van der Waals surface area contributed by atoms with Gasteiger partial charge in [0, 0.05) is 37.1 Å². The minimum atomic E-state index is -0.262. The van der Waals surface area contributed by atoms with Crippen molar-refractivity contribution >= 4 is 48.8 Å². The van der Waals surface area contributed by atoms with E-state index in [-0.39, 0.29) is 17.5 Å². The number of nitrogens with zero attached hydrogens (tertiary/aromatic N) is 2. The van der Waals surface area contributed by atoms with Gasteiger partial charge in [0.1, 0.15) is 11.7 Å². The molecule has 0 radical (unpaired) electrons. The molecule has 4 heteroatoms. The van der Waals surface area contributed by atoms with Gasteiger partial charge in [-0.25, -0.2) is 9.98 Å². The highest BCUT2D eigenvalue weighted by Gasteiger charge is 2.47. The van der Waals surface area contributed by atoms with Crippen molar-refractivity contribution in [2.75, 3.05) is 0 Å². The van der Waals surface area contributed by atoms with Crippen LogP contribution < -0.4 is 5.32 Å². The predicted octanol–water partition coefficient (Wildman–Crippen LogP) is 12.6. The molecule has 266 valence electrons. The fourth-order valence-corrected chi connectivity index (χ4v) is 11.4. The summed E-state index contributed by atoms with van der Waals surface area (Å²) in [6, 6.07) is 37.0. The summed E-state index contributed by atoms with van der Waals surface area (Å²) in [6.45, 7) is 4.82. The van der Waals surface area contributed by atoms with E-state index in [9.17, 15) is 0 Å². The summed E-state index contributed by atoms with van der Waals surface area (Å²) in [7, 11) is 0. The highest BCUT2D eigenvalue weighted by molar-refractivity contribution is 7.25. The summed E-state index contributed by atoms with van der Waals surface area (Å²) in [5.41, 5.74) is 16.6. The first-order chi connectivity index (χ1) is 27.0. The van der Waals surface area contributed by atoms with Gasteiger partial charge in [-0.2, -0.15) is 0 Å². The number of rotatable bonds is 4. The lowest BCUT2D eigenvalue weighted by atomic mass is 9.78. The van der Waals surface area contributed by atoms with Crippen molar-refractivity contribution < 1.29 is 0 Å². The van der Waals surface area contributed by atoms with Crippen LogP contribution in [0.1, 0.15) is 84.7 Å². The summed E-state index contributed by atoms with van der Waals surface area (Å²) < 4.78 is 2.61. The van der Waals surface area contributed by atoms with E-state index in [2.05, 4.69) is 153 Å². The largest absolute Gasteiger partial charge is 0.328 e. The van der Waals surface area contributed by atoms with Gasteiger partial charge in [0.05, 0.1) is 0 Å². The zero-order valence-electron chi connectivity index (χ0n) is 31.1. The lowest BCUT2D eigenvalue weighted by Gasteiger charge is -2.28. The van der Waals surface area contributed by atoms with Gasteiger partial charge >= 0.3 is 0 Å². The van der Waals surface area contributed by atoms with Crippen molar-refractivity contribution in [2.24, 2.45) is 15.9 Å². The molecule has 3 nitrogen and oxygen atoms in total. The zero-order chi connectivity index (χ0) is 36.4. The molecule has 0 saturated heterocycles. The molecular weight excluding hydrogens is 687 g/mol. The second-order valence-corrected chi connectivity index (χ2v) is 17.9. The molecule has 12 rings (SSSR count). The van der Waals surface area contributed by atoms with E-state index in [1.54, 1.807) is 11.1 Å². The van der Waals surface area contributed by atoms with Crippen LogP contribution in [0.2, 0.25) is 0 Å². The molecular formula is C51H41N3S. The zero-order valence-corrected chi connectivity index (χ0v) is 32.0. The standard InChI is InChI=1S/C51H41N3S/c1-51(2)44-22-20-31(24-42(44)43-27-40-39-26-38(39)34-15-6-7-16-35(34)41(40)28-45(43)51)30-13-10-14-32(23-30)49-52-48(29-11-4-3-5-12-29)53-50(54-49)33-19-21-37-36-17-8-9-18-46(36)55-47(37)25-33/h3-9,11,13,15-25,27-29,38-39,49H,10,12,14,26H2,1-2H3,(H,52,53,54). The lowest BCUT2D eigenvalue weighted by molar-refractivity contribution is 0.660. The van der Waals surface area contributed by atoms with E-state index in [1.807, 2.05) is 11.3 Å². The highest BCUT2D eigenvalue weighted by atomic mass is 32.1. The summed E-state index contributed by atoms with van der Waals surface area (Å²) in [5.74, 6) is 3.46. The topological polar surface area (TPSA) is 36.8 Å². The van der Waals surface area contributed by atoms with E-state index in [1.165, 1.54) is 76.7 Å². The Bertz CT molecular complexity index is 2850. The van der Waals surface area contributed by atoms with Gasteiger partial charge in [-0.15, -0.1) is 11.3 Å². The van der Waals surface area contributed by atoms with Crippen LogP contribution in [0.15, 0.2) is 149 Å². The Morgan fingerprint density at radius 2 is 1.55 bits per heavy atom. The Morgan fingerprint density at radius 1 is 0.709 bits per heavy atom. The van der Waals surface area contributed by atoms with E-state index >= 15 is 0 Å². The average molecular weight is 728 g/mol. The van der Waals surface area contributed by atoms with Crippen LogP contribution in [0, 0.1) is 5.92 Å². The van der Waals surface area contributed by atoms with E-state index in [0.717, 1.165) is 36.5 Å². The third-order valence-electron chi connectivity index (χ3n) is 13.2. The van der Waals surface area contributed by atoms with Gasteiger partial charge in [-0.1, -0.05) is 117 Å². The summed E-state index contributed by atoms with van der Waals surface area (Å²) in [4.78, 5) is 10.7. The minimum absolute atomic E-state index is 0.0531. The maximum Gasteiger partial charge on any atom is 0.165 e. The number of hydrogen-bond donors (Lipinski definition) is 1. The number of nitrogens with one attached hydrogen (secondary N) is 1. The highest BCUT2D eigenvalue weighted by Crippen LogP contribution is 2.64. The van der Waals surface area contributed by atoms with Crippen molar-refractivity contribution in [2.45, 2.75) is 62.9 Å². The monoisotopic (exact) mass is 727 g/mol. The number of amidine groups is 2. The summed E-state index contributed by atoms with van der Waals surface area (Å²) >= 11 is 1.85. The first-order valence-corrected chi connectivity index (χ1v) is 20.8. The Kier molecular flexibility index (Phi) is 6.76. The third-order valence-corrected chi connectivity index (χ3v) is 14.4.